The molecule has 0 aliphatic carbocycles. The lowest BCUT2D eigenvalue weighted by molar-refractivity contribution is -0.137. The van der Waals surface area contributed by atoms with Gasteiger partial charge in [0.2, 0.25) is 11.7 Å². The molecule has 0 atom stereocenters. The van der Waals surface area contributed by atoms with Gasteiger partial charge in [0, 0.05) is 50.4 Å². The number of carbonyl (C=O) groups is 3. The van der Waals surface area contributed by atoms with E-state index in [0.717, 1.165) is 16.6 Å². The van der Waals surface area contributed by atoms with Crippen LogP contribution in [-0.2, 0) is 28.7 Å². The van der Waals surface area contributed by atoms with E-state index in [-0.39, 0.29) is 83.6 Å². The third kappa shape index (κ3) is 7.84. The highest BCUT2D eigenvalue weighted by molar-refractivity contribution is 6.33. The third-order valence-corrected chi connectivity index (χ3v) is 10.1. The van der Waals surface area contributed by atoms with Crippen LogP contribution >= 0.6 is 11.6 Å². The van der Waals surface area contributed by atoms with Crippen molar-refractivity contribution in [2.45, 2.75) is 33.0 Å². The van der Waals surface area contributed by atoms with Crippen LogP contribution in [0.15, 0.2) is 53.6 Å². The average Bonchev–Trinajstić information content (AvgIpc) is 3.66. The number of morpholine rings is 1. The number of alkyl halides is 3. The van der Waals surface area contributed by atoms with E-state index in [2.05, 4.69) is 25.4 Å². The highest BCUT2D eigenvalue weighted by Gasteiger charge is 2.32. The van der Waals surface area contributed by atoms with Crippen LogP contribution in [0.4, 0.5) is 24.5 Å². The topological polar surface area (TPSA) is 180 Å². The maximum atomic E-state index is 14.4. The molecule has 20 heteroatoms. The Bertz CT molecular complexity index is 2420. The number of nitrogens with one attached hydrogen (secondary N) is 1. The van der Waals surface area contributed by atoms with Crippen molar-refractivity contribution in [3.05, 3.63) is 92.4 Å². The fraction of sp³-hybridized carbons (Fsp3) is 0.351. The number of aromatic hydroxyl groups is 1. The van der Waals surface area contributed by atoms with Crippen molar-refractivity contribution in [3.63, 3.8) is 0 Å². The Hall–Kier alpha value is -6.08. The number of carbonyl (C=O) groups excluding carboxylic acids is 3. The average molecular weight is 809 g/mol. The highest BCUT2D eigenvalue weighted by atomic mass is 35.5. The fourth-order valence-corrected chi connectivity index (χ4v) is 7.02. The Morgan fingerprint density at radius 3 is 2.28 bits per heavy atom. The first-order valence-corrected chi connectivity index (χ1v) is 18.3. The molecule has 2 N–H and O–H groups in total. The zero-order valence-electron chi connectivity index (χ0n) is 30.7. The summed E-state index contributed by atoms with van der Waals surface area (Å²) in [5.41, 5.74) is 0.0993. The van der Waals surface area contributed by atoms with Gasteiger partial charge >= 0.3 is 6.18 Å². The number of fused-ring (bicyclic) bond motifs is 1. The van der Waals surface area contributed by atoms with Crippen LogP contribution in [0, 0.1) is 6.92 Å². The highest BCUT2D eigenvalue weighted by Crippen LogP contribution is 2.34. The van der Waals surface area contributed by atoms with E-state index in [1.165, 1.54) is 15.8 Å². The van der Waals surface area contributed by atoms with Crippen LogP contribution < -0.4 is 15.8 Å². The molecule has 0 radical (unpaired) electrons. The van der Waals surface area contributed by atoms with Gasteiger partial charge in [0.15, 0.2) is 17.3 Å². The second-order valence-corrected chi connectivity index (χ2v) is 13.8. The number of aryl methyl sites for hydroxylation is 1. The minimum Gasteiger partial charge on any atom is -0.504 e. The molecule has 3 amide bonds. The second kappa shape index (κ2) is 15.8. The van der Waals surface area contributed by atoms with Gasteiger partial charge in [0.25, 0.3) is 17.4 Å². The van der Waals surface area contributed by atoms with E-state index in [4.69, 9.17) is 16.3 Å². The van der Waals surface area contributed by atoms with E-state index in [0.29, 0.717) is 49.2 Å². The molecule has 298 valence electrons. The van der Waals surface area contributed by atoms with Gasteiger partial charge in [-0.05, 0) is 43.7 Å². The molecule has 2 aliphatic rings. The van der Waals surface area contributed by atoms with Gasteiger partial charge in [0.1, 0.15) is 18.6 Å². The van der Waals surface area contributed by atoms with Crippen molar-refractivity contribution in [2.24, 2.45) is 0 Å². The summed E-state index contributed by atoms with van der Waals surface area (Å²) in [6, 6.07) is 9.17. The second-order valence-electron chi connectivity index (χ2n) is 13.3. The largest absolute Gasteiger partial charge is 0.504 e. The van der Waals surface area contributed by atoms with E-state index in [1.54, 1.807) is 47.9 Å². The summed E-state index contributed by atoms with van der Waals surface area (Å²) in [4.78, 5) is 71.9. The van der Waals surface area contributed by atoms with Crippen LogP contribution in [0.2, 0.25) is 5.02 Å². The molecule has 2 fully saturated rings. The molecule has 2 aromatic carbocycles. The van der Waals surface area contributed by atoms with Gasteiger partial charge in [-0.3, -0.25) is 19.2 Å². The quantitative estimate of drug-likeness (QED) is 0.234. The Labute approximate surface area is 327 Å². The Morgan fingerprint density at radius 1 is 0.947 bits per heavy atom. The summed E-state index contributed by atoms with van der Waals surface area (Å²) in [6.45, 7) is 5.45. The standard InChI is InChI=1S/C37H36ClF3N10O6/c1-3-27-30(47-10-12-48(13-11-47)34(55)29-31(53)21(2)42-20-43-29)35(56)51-36(50(27)19-28(52)44-26-9-8-24(18-25(26)38)37(39,40)41)45-32(46-51)22-4-6-23(7-5-22)33(54)49-14-16-57-17-15-49/h4-9,18,20,53H,3,10-17,19H2,1-2H3,(H,44,52). The van der Waals surface area contributed by atoms with E-state index >= 15 is 0 Å². The van der Waals surface area contributed by atoms with E-state index in [1.807, 2.05) is 0 Å². The fourth-order valence-electron chi connectivity index (χ4n) is 6.79. The molecule has 2 aliphatic heterocycles. The number of benzene rings is 2. The summed E-state index contributed by atoms with van der Waals surface area (Å²) in [7, 11) is 0. The van der Waals surface area contributed by atoms with Crippen molar-refractivity contribution in [1.82, 2.24) is 38.9 Å². The molecule has 0 saturated carbocycles. The van der Waals surface area contributed by atoms with E-state index in [9.17, 15) is 37.5 Å². The normalized spacial score (nSPS) is 14.9. The number of hydrogen-bond donors (Lipinski definition) is 2. The lowest BCUT2D eigenvalue weighted by Crippen LogP contribution is -2.51. The molecule has 0 unspecified atom stereocenters. The monoisotopic (exact) mass is 808 g/mol. The number of rotatable bonds is 8. The Balaban J connectivity index is 1.23. The zero-order chi connectivity index (χ0) is 40.6. The summed E-state index contributed by atoms with van der Waals surface area (Å²) in [6.07, 6.45) is -3.21. The zero-order valence-corrected chi connectivity index (χ0v) is 31.5. The van der Waals surface area contributed by atoms with Crippen LogP contribution in [0.25, 0.3) is 17.2 Å². The first kappa shape index (κ1) is 39.2. The lowest BCUT2D eigenvalue weighted by atomic mass is 10.1. The number of aromatic nitrogens is 6. The molecular formula is C37H36ClF3N10O6. The van der Waals surface area contributed by atoms with Crippen LogP contribution in [0.3, 0.4) is 0 Å². The van der Waals surface area contributed by atoms with Gasteiger partial charge in [0.05, 0.1) is 40.9 Å². The number of halogens is 4. The maximum absolute atomic E-state index is 14.4. The van der Waals surface area contributed by atoms with Gasteiger partial charge in [-0.2, -0.15) is 22.7 Å². The van der Waals surface area contributed by atoms with Crippen molar-refractivity contribution < 1.29 is 37.4 Å². The smallest absolute Gasteiger partial charge is 0.416 e. The van der Waals surface area contributed by atoms with E-state index < -0.39 is 35.7 Å². The van der Waals surface area contributed by atoms with Gasteiger partial charge in [-0.25, -0.2) is 9.97 Å². The number of amides is 3. The Morgan fingerprint density at radius 2 is 1.63 bits per heavy atom. The molecule has 0 bridgehead atoms. The predicted octanol–water partition coefficient (Wildman–Crippen LogP) is 3.67. The number of ether oxygens (including phenoxy) is 1. The van der Waals surface area contributed by atoms with Crippen LogP contribution in [0.1, 0.15) is 44.7 Å². The van der Waals surface area contributed by atoms with Crippen LogP contribution in [0.5, 0.6) is 5.75 Å². The van der Waals surface area contributed by atoms with Crippen molar-refractivity contribution in [3.8, 4) is 17.1 Å². The Kier molecular flexibility index (Phi) is 10.9. The molecule has 5 aromatic rings. The van der Waals surface area contributed by atoms with Gasteiger partial charge < -0.3 is 34.4 Å². The van der Waals surface area contributed by atoms with Crippen molar-refractivity contribution in [2.75, 3.05) is 62.7 Å². The summed E-state index contributed by atoms with van der Waals surface area (Å²) in [5.74, 6) is -1.50. The molecule has 57 heavy (non-hydrogen) atoms. The van der Waals surface area contributed by atoms with Crippen molar-refractivity contribution in [1.29, 1.82) is 0 Å². The van der Waals surface area contributed by atoms with Gasteiger partial charge in [-0.15, -0.1) is 5.10 Å². The first-order valence-electron chi connectivity index (χ1n) is 18.0. The molecule has 5 heterocycles. The minimum absolute atomic E-state index is 0.0150. The lowest BCUT2D eigenvalue weighted by Gasteiger charge is -2.36. The number of hydrogen-bond acceptors (Lipinski definition) is 11. The molecular weight excluding hydrogens is 773 g/mol. The maximum Gasteiger partial charge on any atom is 0.416 e. The van der Waals surface area contributed by atoms with Crippen molar-refractivity contribution >= 4 is 46.5 Å². The first-order chi connectivity index (χ1) is 27.2. The number of piperazine rings is 1. The minimum atomic E-state index is -4.64. The number of nitrogens with zero attached hydrogens (tertiary/aromatic N) is 9. The molecule has 2 saturated heterocycles. The summed E-state index contributed by atoms with van der Waals surface area (Å²) in [5, 5.41) is 17.2. The summed E-state index contributed by atoms with van der Waals surface area (Å²) < 4.78 is 47.8. The summed E-state index contributed by atoms with van der Waals surface area (Å²) >= 11 is 6.14. The predicted molar refractivity (Wildman–Crippen MR) is 200 cm³/mol. The molecule has 0 spiro atoms. The SMILES string of the molecule is CCc1c(N2CCN(C(=O)c3ncnc(C)c3O)CC2)c(=O)n2nc(-c3ccc(C(=O)N4CCOCC4)cc3)nc2n1CC(=O)Nc1ccc(C(F)(F)F)cc1Cl. The third-order valence-electron chi connectivity index (χ3n) is 9.81. The van der Waals surface area contributed by atoms with Crippen LogP contribution in [-0.4, -0.2) is 114 Å². The number of anilines is 2. The molecule has 16 nitrogen and oxygen atoms in total. The molecule has 3 aromatic heterocycles. The molecule has 7 rings (SSSR count). The van der Waals surface area contributed by atoms with Gasteiger partial charge in [-0.1, -0.05) is 30.7 Å².